The maximum atomic E-state index is 15.2. The van der Waals surface area contributed by atoms with Gasteiger partial charge >= 0.3 is 0 Å². The highest BCUT2D eigenvalue weighted by Crippen LogP contribution is 2.45. The molecule has 5 aromatic rings. The molecule has 0 aliphatic carbocycles. The number of nitrogens with one attached hydrogen (secondary N) is 2. The summed E-state index contributed by atoms with van der Waals surface area (Å²) in [5, 5.41) is 45.9. The molecule has 250 valence electrons. The van der Waals surface area contributed by atoms with E-state index in [-0.39, 0.29) is 42.4 Å². The summed E-state index contributed by atoms with van der Waals surface area (Å²) in [6.07, 6.45) is -0.218. The zero-order valence-electron chi connectivity index (χ0n) is 26.8. The molecule has 0 aliphatic rings. The molecule has 0 saturated heterocycles. The van der Waals surface area contributed by atoms with Crippen molar-refractivity contribution >= 4 is 17.7 Å². The van der Waals surface area contributed by atoms with Gasteiger partial charge in [0.15, 0.2) is 23.0 Å². The SMILES string of the molecule is CNC(=O)CC[C@@H](C(=O)NCc1ccc(O)c(O)c1)N(C(=O)c1ccc(O)c(O)c1)C(c1ccccc1)(c1ccccc1)c1ccccc1. The summed E-state index contributed by atoms with van der Waals surface area (Å²) in [7, 11) is 1.49. The summed E-state index contributed by atoms with van der Waals surface area (Å²) in [6.45, 7) is -0.0693. The van der Waals surface area contributed by atoms with E-state index in [0.717, 1.165) is 6.07 Å². The third kappa shape index (κ3) is 7.18. The van der Waals surface area contributed by atoms with Gasteiger partial charge in [-0.3, -0.25) is 14.4 Å². The van der Waals surface area contributed by atoms with Crippen LogP contribution >= 0.6 is 0 Å². The van der Waals surface area contributed by atoms with Gasteiger partial charge in [-0.2, -0.15) is 0 Å². The van der Waals surface area contributed by atoms with Crippen LogP contribution in [0.4, 0.5) is 0 Å². The number of aromatic hydroxyl groups is 4. The molecule has 0 bridgehead atoms. The van der Waals surface area contributed by atoms with Crippen LogP contribution in [0.15, 0.2) is 127 Å². The monoisotopic (exact) mass is 659 g/mol. The van der Waals surface area contributed by atoms with E-state index in [0.29, 0.717) is 22.3 Å². The Bertz CT molecular complexity index is 1820. The molecule has 10 heteroatoms. The molecule has 49 heavy (non-hydrogen) atoms. The second-order valence-electron chi connectivity index (χ2n) is 11.5. The van der Waals surface area contributed by atoms with Crippen molar-refractivity contribution in [2.45, 2.75) is 31.0 Å². The Morgan fingerprint density at radius 3 is 1.61 bits per heavy atom. The highest BCUT2D eigenvalue weighted by atomic mass is 16.3. The van der Waals surface area contributed by atoms with E-state index in [1.54, 1.807) is 6.07 Å². The maximum Gasteiger partial charge on any atom is 0.255 e. The van der Waals surface area contributed by atoms with Crippen LogP contribution in [0.25, 0.3) is 0 Å². The Morgan fingerprint density at radius 1 is 0.653 bits per heavy atom. The second kappa shape index (κ2) is 15.1. The molecule has 0 spiro atoms. The van der Waals surface area contributed by atoms with Gasteiger partial charge in [-0.1, -0.05) is 97.1 Å². The summed E-state index contributed by atoms with van der Waals surface area (Å²) in [5.74, 6) is -3.22. The van der Waals surface area contributed by atoms with Crippen molar-refractivity contribution in [3.63, 3.8) is 0 Å². The summed E-state index contributed by atoms with van der Waals surface area (Å²) < 4.78 is 0. The molecule has 0 saturated carbocycles. The van der Waals surface area contributed by atoms with Gasteiger partial charge in [-0.05, 0) is 59.0 Å². The van der Waals surface area contributed by atoms with Gasteiger partial charge in [0.25, 0.3) is 5.91 Å². The molecule has 0 unspecified atom stereocenters. The van der Waals surface area contributed by atoms with Crippen molar-refractivity contribution < 1.29 is 34.8 Å². The number of phenolic OH excluding ortho intramolecular Hbond substituents is 4. The molecule has 6 N–H and O–H groups in total. The van der Waals surface area contributed by atoms with E-state index >= 15 is 4.79 Å². The molecule has 3 amide bonds. The molecular weight excluding hydrogens is 622 g/mol. The lowest BCUT2D eigenvalue weighted by molar-refractivity contribution is -0.128. The average Bonchev–Trinajstić information content (AvgIpc) is 3.13. The first-order chi connectivity index (χ1) is 23.7. The quantitative estimate of drug-likeness (QED) is 0.0798. The summed E-state index contributed by atoms with van der Waals surface area (Å²) in [5.41, 5.74) is 0.926. The van der Waals surface area contributed by atoms with Gasteiger partial charge in [0.2, 0.25) is 11.8 Å². The van der Waals surface area contributed by atoms with E-state index in [4.69, 9.17) is 0 Å². The van der Waals surface area contributed by atoms with Crippen molar-refractivity contribution in [2.75, 3.05) is 7.05 Å². The van der Waals surface area contributed by atoms with Crippen molar-refractivity contribution in [3.8, 4) is 23.0 Å². The Hall–Kier alpha value is -6.29. The van der Waals surface area contributed by atoms with E-state index in [9.17, 15) is 30.0 Å². The Kier molecular flexibility index (Phi) is 10.5. The molecule has 0 aromatic heterocycles. The van der Waals surface area contributed by atoms with Crippen LogP contribution in [0.3, 0.4) is 0 Å². The third-order valence-corrected chi connectivity index (χ3v) is 8.42. The van der Waals surface area contributed by atoms with Gasteiger partial charge in [0.05, 0.1) is 0 Å². The molecule has 5 aromatic carbocycles. The van der Waals surface area contributed by atoms with E-state index < -0.39 is 34.9 Å². The minimum Gasteiger partial charge on any atom is -0.504 e. The van der Waals surface area contributed by atoms with Gasteiger partial charge in [-0.25, -0.2) is 0 Å². The van der Waals surface area contributed by atoms with Crippen LogP contribution < -0.4 is 10.6 Å². The van der Waals surface area contributed by atoms with E-state index in [2.05, 4.69) is 10.6 Å². The first kappa shape index (κ1) is 34.1. The normalized spacial score (nSPS) is 11.7. The molecule has 0 heterocycles. The van der Waals surface area contributed by atoms with E-state index in [1.165, 1.54) is 36.2 Å². The average molecular weight is 660 g/mol. The van der Waals surface area contributed by atoms with Crippen LogP contribution in [0, 0.1) is 0 Å². The lowest BCUT2D eigenvalue weighted by atomic mass is 9.74. The molecule has 1 atom stereocenters. The molecular formula is C39H37N3O7. The largest absolute Gasteiger partial charge is 0.504 e. The van der Waals surface area contributed by atoms with Crippen molar-refractivity contribution in [1.29, 1.82) is 0 Å². The van der Waals surface area contributed by atoms with E-state index in [1.807, 2.05) is 91.0 Å². The number of carbonyl (C=O) groups excluding carboxylic acids is 3. The number of benzene rings is 5. The molecule has 0 fully saturated rings. The lowest BCUT2D eigenvalue weighted by Crippen LogP contribution is -2.60. The van der Waals surface area contributed by atoms with Crippen molar-refractivity contribution in [3.05, 3.63) is 155 Å². The Balaban J connectivity index is 1.80. The van der Waals surface area contributed by atoms with Gasteiger partial charge in [0.1, 0.15) is 11.6 Å². The fourth-order valence-electron chi connectivity index (χ4n) is 6.03. The maximum absolute atomic E-state index is 15.2. The van der Waals surface area contributed by atoms with Gasteiger partial charge < -0.3 is 36.0 Å². The number of hydrogen-bond donors (Lipinski definition) is 6. The number of hydrogen-bond acceptors (Lipinski definition) is 7. The van der Waals surface area contributed by atoms with Gasteiger partial charge in [-0.15, -0.1) is 0 Å². The van der Waals surface area contributed by atoms with Crippen LogP contribution in [-0.2, 0) is 21.7 Å². The van der Waals surface area contributed by atoms with Crippen LogP contribution in [0.5, 0.6) is 23.0 Å². The zero-order chi connectivity index (χ0) is 35.0. The molecule has 5 rings (SSSR count). The first-order valence-corrected chi connectivity index (χ1v) is 15.7. The standard InChI is InChI=1S/C39H37N3O7/c1-40-36(47)22-19-31(37(48)41-25-26-17-20-32(43)34(45)23-26)42(38(49)27-18-21-33(44)35(46)24-27)39(28-11-5-2-6-12-28,29-13-7-3-8-14-29)30-15-9-4-10-16-30/h2-18,20-21,23-24,31,43-46H,19,22,25H2,1H3,(H,40,47)(H,41,48)/t31-/m0/s1. The molecule has 0 radical (unpaired) electrons. The first-order valence-electron chi connectivity index (χ1n) is 15.7. The Morgan fingerprint density at radius 2 is 1.14 bits per heavy atom. The highest BCUT2D eigenvalue weighted by molar-refractivity contribution is 5.99. The summed E-state index contributed by atoms with van der Waals surface area (Å²) >= 11 is 0. The predicted octanol–water partition coefficient (Wildman–Crippen LogP) is 5.15. The number of rotatable bonds is 12. The van der Waals surface area contributed by atoms with Crippen LogP contribution in [0.1, 0.15) is 45.5 Å². The van der Waals surface area contributed by atoms with Crippen molar-refractivity contribution in [2.24, 2.45) is 0 Å². The molecule has 0 aliphatic heterocycles. The minimum atomic E-state index is -1.48. The number of amides is 3. The smallest absolute Gasteiger partial charge is 0.255 e. The lowest BCUT2D eigenvalue weighted by Gasteiger charge is -2.48. The fourth-order valence-corrected chi connectivity index (χ4v) is 6.03. The number of carbonyl (C=O) groups is 3. The number of phenols is 4. The number of nitrogens with zero attached hydrogens (tertiary/aromatic N) is 1. The van der Waals surface area contributed by atoms with Crippen LogP contribution in [0.2, 0.25) is 0 Å². The fraction of sp³-hybridized carbons (Fsp3) is 0.154. The predicted molar refractivity (Wildman–Crippen MR) is 184 cm³/mol. The Labute approximate surface area is 283 Å². The zero-order valence-corrected chi connectivity index (χ0v) is 26.8. The highest BCUT2D eigenvalue weighted by Gasteiger charge is 2.50. The summed E-state index contributed by atoms with van der Waals surface area (Å²) in [4.78, 5) is 43.9. The van der Waals surface area contributed by atoms with Crippen LogP contribution in [-0.4, -0.2) is 56.1 Å². The van der Waals surface area contributed by atoms with Gasteiger partial charge in [0, 0.05) is 25.6 Å². The summed E-state index contributed by atoms with van der Waals surface area (Å²) in [6, 6.07) is 34.3. The topological polar surface area (TPSA) is 159 Å². The minimum absolute atomic E-state index is 0.0105. The second-order valence-corrected chi connectivity index (χ2v) is 11.5. The molecule has 10 nitrogen and oxygen atoms in total. The third-order valence-electron chi connectivity index (χ3n) is 8.42. The van der Waals surface area contributed by atoms with Crippen molar-refractivity contribution in [1.82, 2.24) is 15.5 Å².